The lowest BCUT2D eigenvalue weighted by Gasteiger charge is -2.03. The molecule has 0 aromatic heterocycles. The van der Waals surface area contributed by atoms with Crippen molar-refractivity contribution in [1.82, 2.24) is 0 Å². The molecule has 5 N–H and O–H groups in total. The Hall–Kier alpha value is -0.890. The zero-order chi connectivity index (χ0) is 7.98. The molecule has 0 rings (SSSR count). The van der Waals surface area contributed by atoms with Crippen LogP contribution in [0.4, 0.5) is 18.8 Å². The Bertz CT molecular complexity index is 118. The number of carboxylic acids is 1. The third-order valence-electron chi connectivity index (χ3n) is 1.29. The summed E-state index contributed by atoms with van der Waals surface area (Å²) < 4.78 is 0. The molecule has 4 nitrogen and oxygen atoms in total. The summed E-state index contributed by atoms with van der Waals surface area (Å²) in [6, 6.07) is -0.716. The quantitative estimate of drug-likeness (QED) is 0.459. The standard InChI is InChI=1S/C6H14N2O2.4FH/c7-4-2-1-3-5(8)6(9)10;;;;/h5H,1-4,7-8H2,(H,9,10);4*1H/t5-;;;;/m1..../s1. The van der Waals surface area contributed by atoms with Gasteiger partial charge in [-0.15, -0.1) is 0 Å². The molecule has 0 radical (unpaired) electrons. The molecule has 0 aliphatic carbocycles. The lowest BCUT2D eigenvalue weighted by molar-refractivity contribution is -0.138. The maximum atomic E-state index is 10.1. The van der Waals surface area contributed by atoms with Crippen LogP contribution in [0.1, 0.15) is 19.3 Å². The van der Waals surface area contributed by atoms with Crippen LogP contribution in [0, 0.1) is 0 Å². The molecule has 0 aromatic rings. The molecular formula is C6H18F4N2O2. The Kier molecular flexibility index (Phi) is 37.6. The molecule has 14 heavy (non-hydrogen) atoms. The van der Waals surface area contributed by atoms with Gasteiger partial charge in [0.2, 0.25) is 0 Å². The third kappa shape index (κ3) is 17.3. The van der Waals surface area contributed by atoms with Crippen LogP contribution in [-0.4, -0.2) is 23.7 Å². The first-order valence-electron chi connectivity index (χ1n) is 3.37. The van der Waals surface area contributed by atoms with E-state index >= 15 is 0 Å². The van der Waals surface area contributed by atoms with E-state index in [-0.39, 0.29) is 18.8 Å². The summed E-state index contributed by atoms with van der Waals surface area (Å²) in [5, 5.41) is 8.33. The molecule has 0 aliphatic heterocycles. The minimum atomic E-state index is -0.933. The Morgan fingerprint density at radius 3 is 1.86 bits per heavy atom. The van der Waals surface area contributed by atoms with Gasteiger partial charge >= 0.3 is 5.97 Å². The number of halogens is 4. The molecule has 0 bridgehead atoms. The Labute approximate surface area is 79.1 Å². The van der Waals surface area contributed by atoms with Crippen molar-refractivity contribution >= 4 is 5.97 Å². The molecule has 0 amide bonds. The van der Waals surface area contributed by atoms with E-state index in [0.717, 1.165) is 12.8 Å². The largest absolute Gasteiger partial charge is 0.480 e. The van der Waals surface area contributed by atoms with E-state index < -0.39 is 12.0 Å². The Morgan fingerprint density at radius 1 is 1.14 bits per heavy atom. The van der Waals surface area contributed by atoms with E-state index in [1.165, 1.54) is 0 Å². The summed E-state index contributed by atoms with van der Waals surface area (Å²) in [5.41, 5.74) is 10.4. The maximum absolute atomic E-state index is 10.1. The highest BCUT2D eigenvalue weighted by Gasteiger charge is 2.09. The predicted molar refractivity (Wildman–Crippen MR) is 48.5 cm³/mol. The number of carbonyl (C=O) groups is 1. The first-order valence-corrected chi connectivity index (χ1v) is 3.37. The van der Waals surface area contributed by atoms with Gasteiger partial charge in [-0.25, -0.2) is 0 Å². The number of hydrogen-bond acceptors (Lipinski definition) is 3. The highest BCUT2D eigenvalue weighted by Crippen LogP contribution is 1.96. The minimum absolute atomic E-state index is 0. The van der Waals surface area contributed by atoms with Gasteiger partial charge in [0.25, 0.3) is 0 Å². The summed E-state index contributed by atoms with van der Waals surface area (Å²) in [6.07, 6.45) is 2.16. The van der Waals surface area contributed by atoms with Crippen LogP contribution in [0.5, 0.6) is 0 Å². The van der Waals surface area contributed by atoms with Crippen LogP contribution in [-0.2, 0) is 4.79 Å². The average molecular weight is 226 g/mol. The molecule has 1 atom stereocenters. The highest BCUT2D eigenvalue weighted by molar-refractivity contribution is 5.72. The van der Waals surface area contributed by atoms with Gasteiger partial charge < -0.3 is 16.6 Å². The third-order valence-corrected chi connectivity index (χ3v) is 1.29. The normalized spacial score (nSPS) is 9.29. The number of nitrogens with two attached hydrogens (primary N) is 2. The minimum Gasteiger partial charge on any atom is -0.480 e. The van der Waals surface area contributed by atoms with Crippen molar-refractivity contribution in [3.05, 3.63) is 0 Å². The lowest BCUT2D eigenvalue weighted by atomic mass is 10.1. The summed E-state index contributed by atoms with van der Waals surface area (Å²) in [4.78, 5) is 10.1. The Morgan fingerprint density at radius 2 is 1.57 bits per heavy atom. The number of carboxylic acid groups (broad SMARTS) is 1. The van der Waals surface area contributed by atoms with Crippen LogP contribution in [0.15, 0.2) is 0 Å². The summed E-state index contributed by atoms with van der Waals surface area (Å²) in [6.45, 7) is 0.604. The fraction of sp³-hybridized carbons (Fsp3) is 0.833. The van der Waals surface area contributed by atoms with Gasteiger partial charge in [0.05, 0.1) is 0 Å². The summed E-state index contributed by atoms with van der Waals surface area (Å²) >= 11 is 0. The number of unbranched alkanes of at least 4 members (excludes halogenated alkanes) is 1. The van der Waals surface area contributed by atoms with Crippen molar-refractivity contribution in [2.45, 2.75) is 25.3 Å². The molecule has 0 heterocycles. The highest BCUT2D eigenvalue weighted by atomic mass is 19.0. The molecule has 0 aliphatic rings. The number of hydrogen-bond donors (Lipinski definition) is 3. The van der Waals surface area contributed by atoms with E-state index in [2.05, 4.69) is 0 Å². The van der Waals surface area contributed by atoms with Crippen LogP contribution < -0.4 is 11.5 Å². The van der Waals surface area contributed by atoms with Gasteiger partial charge in [-0.2, -0.15) is 0 Å². The van der Waals surface area contributed by atoms with Crippen molar-refractivity contribution < 1.29 is 28.7 Å². The molecule has 0 spiro atoms. The SMILES string of the molecule is F.F.F.F.NCCCC[C@@H](N)C(=O)O. The van der Waals surface area contributed by atoms with Crippen molar-refractivity contribution in [2.75, 3.05) is 6.54 Å². The molecular weight excluding hydrogens is 208 g/mol. The van der Waals surface area contributed by atoms with E-state index in [4.69, 9.17) is 16.6 Å². The molecule has 92 valence electrons. The van der Waals surface area contributed by atoms with E-state index in [1.54, 1.807) is 0 Å². The zero-order valence-electron chi connectivity index (χ0n) is 7.55. The zero-order valence-corrected chi connectivity index (χ0v) is 7.55. The fourth-order valence-corrected chi connectivity index (χ4v) is 0.632. The average Bonchev–Trinajstić information content (AvgIpc) is 1.88. The summed E-state index contributed by atoms with van der Waals surface area (Å²) in [7, 11) is 0. The number of aliphatic carboxylic acids is 1. The van der Waals surface area contributed by atoms with Crippen LogP contribution in [0.25, 0.3) is 0 Å². The second-order valence-electron chi connectivity index (χ2n) is 2.23. The van der Waals surface area contributed by atoms with Crippen LogP contribution >= 0.6 is 0 Å². The van der Waals surface area contributed by atoms with E-state index in [9.17, 15) is 4.79 Å². The topological polar surface area (TPSA) is 89.3 Å². The molecule has 0 saturated carbocycles. The van der Waals surface area contributed by atoms with Crippen LogP contribution in [0.2, 0.25) is 0 Å². The number of rotatable bonds is 5. The maximum Gasteiger partial charge on any atom is 0.320 e. The van der Waals surface area contributed by atoms with Gasteiger partial charge in [0.1, 0.15) is 6.04 Å². The van der Waals surface area contributed by atoms with Gasteiger partial charge in [-0.3, -0.25) is 23.6 Å². The lowest BCUT2D eigenvalue weighted by Crippen LogP contribution is -2.29. The first kappa shape index (κ1) is 29.2. The fourth-order valence-electron chi connectivity index (χ4n) is 0.632. The molecule has 8 heteroatoms. The predicted octanol–water partition coefficient (Wildman–Crippen LogP) is 0.137. The Balaban J connectivity index is -0.0000000675. The van der Waals surface area contributed by atoms with Crippen LogP contribution in [0.3, 0.4) is 0 Å². The van der Waals surface area contributed by atoms with Gasteiger partial charge in [0, 0.05) is 0 Å². The van der Waals surface area contributed by atoms with E-state index in [0.29, 0.717) is 13.0 Å². The van der Waals surface area contributed by atoms with Crippen molar-refractivity contribution in [3.63, 3.8) is 0 Å². The van der Waals surface area contributed by atoms with Gasteiger partial charge in [-0.1, -0.05) is 6.42 Å². The van der Waals surface area contributed by atoms with E-state index in [1.807, 2.05) is 0 Å². The van der Waals surface area contributed by atoms with Crippen molar-refractivity contribution in [2.24, 2.45) is 11.5 Å². The smallest absolute Gasteiger partial charge is 0.320 e. The van der Waals surface area contributed by atoms with Crippen molar-refractivity contribution in [3.8, 4) is 0 Å². The second-order valence-corrected chi connectivity index (χ2v) is 2.23. The van der Waals surface area contributed by atoms with Crippen molar-refractivity contribution in [1.29, 1.82) is 0 Å². The summed E-state index contributed by atoms with van der Waals surface area (Å²) in [5.74, 6) is -0.933. The molecule has 0 aromatic carbocycles. The molecule has 0 unspecified atom stereocenters. The van der Waals surface area contributed by atoms with Gasteiger partial charge in [-0.05, 0) is 19.4 Å². The van der Waals surface area contributed by atoms with Gasteiger partial charge in [0.15, 0.2) is 0 Å². The second kappa shape index (κ2) is 18.0. The first-order chi connectivity index (χ1) is 4.68. The molecule has 0 saturated heterocycles. The monoisotopic (exact) mass is 226 g/mol. The molecule has 0 fully saturated rings.